The Hall–Kier alpha value is -0.680. The summed E-state index contributed by atoms with van der Waals surface area (Å²) in [5, 5.41) is 1.88. The molecular weight excluding hydrogens is 266 g/mol. The second-order valence-corrected chi connectivity index (χ2v) is 4.73. The molecule has 1 aromatic rings. The van der Waals surface area contributed by atoms with Gasteiger partial charge in [0.15, 0.2) is 3.92 Å². The molecule has 0 radical (unpaired) electrons. The monoisotopic (exact) mass is 275 g/mol. The van der Waals surface area contributed by atoms with Crippen molar-refractivity contribution in [2.45, 2.75) is 13.3 Å². The van der Waals surface area contributed by atoms with Gasteiger partial charge in [0.2, 0.25) is 0 Å². The van der Waals surface area contributed by atoms with Crippen LogP contribution in [-0.4, -0.2) is 17.6 Å². The standard InChI is InChI=1S/C9H10BrNO2S/c1-3-13-8(12)6(2)4-7-5-14-9(10)11-7/h5H,2-4H2,1H3. The molecule has 5 heteroatoms. The summed E-state index contributed by atoms with van der Waals surface area (Å²) in [4.78, 5) is 15.4. The van der Waals surface area contributed by atoms with Crippen LogP contribution >= 0.6 is 27.3 Å². The second kappa shape index (κ2) is 5.26. The van der Waals surface area contributed by atoms with E-state index in [1.807, 2.05) is 5.38 Å². The van der Waals surface area contributed by atoms with E-state index in [1.165, 1.54) is 11.3 Å². The maximum atomic E-state index is 11.2. The Morgan fingerprint density at radius 3 is 3.00 bits per heavy atom. The van der Waals surface area contributed by atoms with E-state index >= 15 is 0 Å². The molecule has 0 unspecified atom stereocenters. The lowest BCUT2D eigenvalue weighted by Crippen LogP contribution is -2.08. The van der Waals surface area contributed by atoms with E-state index < -0.39 is 0 Å². The van der Waals surface area contributed by atoms with Gasteiger partial charge in [-0.2, -0.15) is 0 Å². The zero-order valence-electron chi connectivity index (χ0n) is 7.75. The number of carbonyl (C=O) groups is 1. The summed E-state index contributed by atoms with van der Waals surface area (Å²) in [6.45, 7) is 5.79. The molecule has 0 spiro atoms. The van der Waals surface area contributed by atoms with Gasteiger partial charge in [-0.3, -0.25) is 0 Å². The molecule has 1 rings (SSSR count). The smallest absolute Gasteiger partial charge is 0.333 e. The third-order valence-corrected chi connectivity index (χ3v) is 2.90. The molecule has 0 aliphatic heterocycles. The van der Waals surface area contributed by atoms with Crippen molar-refractivity contribution in [1.82, 2.24) is 4.98 Å². The summed E-state index contributed by atoms with van der Waals surface area (Å²) >= 11 is 4.74. The van der Waals surface area contributed by atoms with Crippen LogP contribution in [0.2, 0.25) is 0 Å². The molecular formula is C9H10BrNO2S. The van der Waals surface area contributed by atoms with Gasteiger partial charge in [0.05, 0.1) is 12.3 Å². The van der Waals surface area contributed by atoms with Gasteiger partial charge in [0, 0.05) is 17.4 Å². The summed E-state index contributed by atoms with van der Waals surface area (Å²) in [7, 11) is 0. The predicted octanol–water partition coefficient (Wildman–Crippen LogP) is 2.57. The highest BCUT2D eigenvalue weighted by atomic mass is 79.9. The quantitative estimate of drug-likeness (QED) is 0.626. The van der Waals surface area contributed by atoms with Crippen molar-refractivity contribution >= 4 is 33.2 Å². The largest absolute Gasteiger partial charge is 0.463 e. The number of rotatable bonds is 4. The van der Waals surface area contributed by atoms with Crippen LogP contribution in [-0.2, 0) is 16.0 Å². The van der Waals surface area contributed by atoms with Crippen molar-refractivity contribution in [2.24, 2.45) is 0 Å². The molecule has 76 valence electrons. The number of esters is 1. The number of aromatic nitrogens is 1. The van der Waals surface area contributed by atoms with Gasteiger partial charge in [-0.15, -0.1) is 11.3 Å². The third-order valence-electron chi connectivity index (χ3n) is 1.48. The van der Waals surface area contributed by atoms with Crippen molar-refractivity contribution < 1.29 is 9.53 Å². The van der Waals surface area contributed by atoms with Crippen molar-refractivity contribution in [2.75, 3.05) is 6.61 Å². The number of ether oxygens (including phenoxy) is 1. The van der Waals surface area contributed by atoms with Crippen LogP contribution in [0.1, 0.15) is 12.6 Å². The van der Waals surface area contributed by atoms with Gasteiger partial charge < -0.3 is 4.74 Å². The Labute approximate surface area is 94.9 Å². The number of hydrogen-bond donors (Lipinski definition) is 0. The van der Waals surface area contributed by atoms with E-state index in [1.54, 1.807) is 6.92 Å². The molecule has 0 aromatic carbocycles. The highest BCUT2D eigenvalue weighted by Gasteiger charge is 2.10. The highest BCUT2D eigenvalue weighted by molar-refractivity contribution is 9.11. The first-order chi connectivity index (χ1) is 6.63. The average Bonchev–Trinajstić information content (AvgIpc) is 2.51. The number of halogens is 1. The van der Waals surface area contributed by atoms with Crippen molar-refractivity contribution in [3.05, 3.63) is 27.1 Å². The molecule has 0 aliphatic rings. The van der Waals surface area contributed by atoms with Crippen LogP contribution in [0.25, 0.3) is 0 Å². The lowest BCUT2D eigenvalue weighted by Gasteiger charge is -2.02. The SMILES string of the molecule is C=C(Cc1csc(Br)n1)C(=O)OCC. The minimum absolute atomic E-state index is 0.350. The minimum atomic E-state index is -0.350. The molecule has 0 atom stereocenters. The molecule has 3 nitrogen and oxygen atoms in total. The summed E-state index contributed by atoms with van der Waals surface area (Å²) < 4.78 is 5.62. The van der Waals surface area contributed by atoms with Crippen LogP contribution in [0.4, 0.5) is 0 Å². The van der Waals surface area contributed by atoms with Gasteiger partial charge in [-0.25, -0.2) is 9.78 Å². The molecule has 0 aliphatic carbocycles. The summed E-state index contributed by atoms with van der Waals surface area (Å²) in [6.07, 6.45) is 0.445. The van der Waals surface area contributed by atoms with Crippen molar-refractivity contribution in [3.8, 4) is 0 Å². The lowest BCUT2D eigenvalue weighted by atomic mass is 10.2. The van der Waals surface area contributed by atoms with E-state index in [9.17, 15) is 4.79 Å². The van der Waals surface area contributed by atoms with E-state index in [0.29, 0.717) is 18.6 Å². The number of hydrogen-bond acceptors (Lipinski definition) is 4. The summed E-state index contributed by atoms with van der Waals surface area (Å²) in [5.41, 5.74) is 1.27. The van der Waals surface area contributed by atoms with Gasteiger partial charge >= 0.3 is 5.97 Å². The van der Waals surface area contributed by atoms with Crippen LogP contribution in [0, 0.1) is 0 Å². The van der Waals surface area contributed by atoms with Crippen LogP contribution in [0.5, 0.6) is 0 Å². The van der Waals surface area contributed by atoms with Crippen LogP contribution < -0.4 is 0 Å². The normalized spacial score (nSPS) is 9.86. The Kier molecular flexibility index (Phi) is 4.28. The topological polar surface area (TPSA) is 39.2 Å². The van der Waals surface area contributed by atoms with Gasteiger partial charge in [0.25, 0.3) is 0 Å². The first-order valence-electron chi connectivity index (χ1n) is 4.08. The third kappa shape index (κ3) is 3.23. The number of nitrogens with zero attached hydrogens (tertiary/aromatic N) is 1. The highest BCUT2D eigenvalue weighted by Crippen LogP contribution is 2.18. The fourth-order valence-electron chi connectivity index (χ4n) is 0.887. The molecule has 1 heterocycles. The fraction of sp³-hybridized carbons (Fsp3) is 0.333. The first-order valence-corrected chi connectivity index (χ1v) is 5.75. The van der Waals surface area contributed by atoms with Gasteiger partial charge in [-0.1, -0.05) is 6.58 Å². The van der Waals surface area contributed by atoms with Gasteiger partial charge in [-0.05, 0) is 22.9 Å². The Morgan fingerprint density at radius 1 is 1.79 bits per heavy atom. The predicted molar refractivity (Wildman–Crippen MR) is 59.3 cm³/mol. The zero-order chi connectivity index (χ0) is 10.6. The van der Waals surface area contributed by atoms with Crippen molar-refractivity contribution in [3.63, 3.8) is 0 Å². The molecule has 1 aromatic heterocycles. The molecule has 0 amide bonds. The van der Waals surface area contributed by atoms with E-state index in [2.05, 4.69) is 27.5 Å². The van der Waals surface area contributed by atoms with Crippen LogP contribution in [0.3, 0.4) is 0 Å². The van der Waals surface area contributed by atoms with E-state index in [0.717, 1.165) is 9.61 Å². The molecule has 0 saturated carbocycles. The van der Waals surface area contributed by atoms with E-state index in [-0.39, 0.29) is 5.97 Å². The first kappa shape index (κ1) is 11.4. The zero-order valence-corrected chi connectivity index (χ0v) is 10.2. The molecule has 0 saturated heterocycles. The van der Waals surface area contributed by atoms with Gasteiger partial charge in [0.1, 0.15) is 0 Å². The number of carbonyl (C=O) groups excluding carboxylic acids is 1. The average molecular weight is 276 g/mol. The lowest BCUT2D eigenvalue weighted by molar-refractivity contribution is -0.138. The van der Waals surface area contributed by atoms with Crippen LogP contribution in [0.15, 0.2) is 21.4 Å². The van der Waals surface area contributed by atoms with Crippen molar-refractivity contribution in [1.29, 1.82) is 0 Å². The second-order valence-electron chi connectivity index (χ2n) is 2.59. The molecule has 0 bridgehead atoms. The Morgan fingerprint density at radius 2 is 2.50 bits per heavy atom. The molecule has 0 N–H and O–H groups in total. The maximum absolute atomic E-state index is 11.2. The maximum Gasteiger partial charge on any atom is 0.333 e. The minimum Gasteiger partial charge on any atom is -0.463 e. The summed E-state index contributed by atoms with van der Waals surface area (Å²) in [5.74, 6) is -0.350. The molecule has 0 fully saturated rings. The summed E-state index contributed by atoms with van der Waals surface area (Å²) in [6, 6.07) is 0. The van der Waals surface area contributed by atoms with E-state index in [4.69, 9.17) is 4.74 Å². The Bertz CT molecular complexity index is 348. The Balaban J connectivity index is 2.53. The molecule has 14 heavy (non-hydrogen) atoms. The fourth-order valence-corrected chi connectivity index (χ4v) is 1.93. The number of thiazole rings is 1.